The van der Waals surface area contributed by atoms with E-state index in [0.717, 1.165) is 22.2 Å². The molecule has 28 heavy (non-hydrogen) atoms. The molecule has 0 bridgehead atoms. The monoisotopic (exact) mass is 455 g/mol. The molecule has 0 saturated carbocycles. The van der Waals surface area contributed by atoms with Gasteiger partial charge in [0.25, 0.3) is 0 Å². The summed E-state index contributed by atoms with van der Waals surface area (Å²) in [6.45, 7) is 0.0918. The third-order valence-electron chi connectivity index (χ3n) is 3.88. The van der Waals surface area contributed by atoms with Crippen molar-refractivity contribution in [3.05, 3.63) is 64.1 Å². The Hall–Kier alpha value is -2.48. The summed E-state index contributed by atoms with van der Waals surface area (Å²) in [5.41, 5.74) is 0.762. The molecule has 8 heteroatoms. The maximum Gasteiger partial charge on any atom is 0.307 e. The summed E-state index contributed by atoms with van der Waals surface area (Å²) in [6, 6.07) is 9.76. The molecule has 2 aromatic rings. The van der Waals surface area contributed by atoms with E-state index in [1.807, 2.05) is 12.1 Å². The molecule has 0 fully saturated rings. The second-order valence-corrected chi connectivity index (χ2v) is 6.90. The molecule has 150 valence electrons. The van der Waals surface area contributed by atoms with Gasteiger partial charge in [0.05, 0.1) is 26.2 Å². The van der Waals surface area contributed by atoms with Gasteiger partial charge in [-0.2, -0.15) is 0 Å². The van der Waals surface area contributed by atoms with Crippen molar-refractivity contribution in [1.82, 2.24) is 5.32 Å². The van der Waals surface area contributed by atoms with Crippen LogP contribution < -0.4 is 10.1 Å². The minimum Gasteiger partial charge on any atom is -0.491 e. The Balaban J connectivity index is 1.87. The van der Waals surface area contributed by atoms with Crippen molar-refractivity contribution in [2.24, 2.45) is 0 Å². The van der Waals surface area contributed by atoms with E-state index >= 15 is 0 Å². The van der Waals surface area contributed by atoms with Crippen molar-refractivity contribution in [2.45, 2.75) is 25.3 Å². The zero-order valence-corrected chi connectivity index (χ0v) is 16.8. The maximum atomic E-state index is 13.5. The van der Waals surface area contributed by atoms with Crippen molar-refractivity contribution in [1.29, 1.82) is 0 Å². The van der Waals surface area contributed by atoms with E-state index in [-0.39, 0.29) is 31.1 Å². The fraction of sp³-hybridized carbons (Fsp3) is 0.300. The predicted octanol–water partition coefficient (Wildman–Crippen LogP) is 4.31. The number of rotatable bonds is 9. The van der Waals surface area contributed by atoms with Crippen LogP contribution in [-0.4, -0.2) is 25.6 Å². The molecule has 1 amide bonds. The molecule has 1 atom stereocenters. The highest BCUT2D eigenvalue weighted by Crippen LogP contribution is 2.22. The van der Waals surface area contributed by atoms with E-state index in [2.05, 4.69) is 21.2 Å². The van der Waals surface area contributed by atoms with Gasteiger partial charge in [0, 0.05) is 17.0 Å². The molecule has 1 N–H and O–H groups in total. The van der Waals surface area contributed by atoms with Crippen molar-refractivity contribution < 1.29 is 27.8 Å². The molecule has 0 radical (unpaired) electrons. The van der Waals surface area contributed by atoms with Gasteiger partial charge in [0.15, 0.2) is 11.6 Å². The molecular formula is C20H20BrF2NO4. The Morgan fingerprint density at radius 3 is 2.64 bits per heavy atom. The number of hydrogen-bond acceptors (Lipinski definition) is 4. The van der Waals surface area contributed by atoms with Crippen LogP contribution in [0, 0.1) is 11.6 Å². The van der Waals surface area contributed by atoms with Gasteiger partial charge >= 0.3 is 5.97 Å². The van der Waals surface area contributed by atoms with Gasteiger partial charge in [-0.05, 0) is 36.2 Å². The molecule has 0 saturated heterocycles. The summed E-state index contributed by atoms with van der Waals surface area (Å²) in [4.78, 5) is 23.9. The summed E-state index contributed by atoms with van der Waals surface area (Å²) >= 11 is 3.36. The number of amides is 1. The number of esters is 1. The lowest BCUT2D eigenvalue weighted by molar-refractivity contribution is -0.141. The number of hydrogen-bond donors (Lipinski definition) is 1. The van der Waals surface area contributed by atoms with Crippen LogP contribution in [0.1, 0.15) is 30.9 Å². The zero-order valence-electron chi connectivity index (χ0n) is 15.2. The summed E-state index contributed by atoms with van der Waals surface area (Å²) in [5.74, 6) is -2.28. The molecule has 0 spiro atoms. The standard InChI is InChI=1S/C20H20BrF2NO4/c1-27-20(26)12-17(13-4-2-5-14(21)10-13)24-19(25)6-3-9-28-18-8-7-15(22)11-16(18)23/h2,4-5,7-8,10-11,17H,3,6,9,12H2,1H3,(H,24,25). The molecule has 0 aliphatic rings. The summed E-state index contributed by atoms with van der Waals surface area (Å²) in [5, 5.41) is 2.80. The van der Waals surface area contributed by atoms with Crippen LogP contribution in [-0.2, 0) is 14.3 Å². The number of ether oxygens (including phenoxy) is 2. The second kappa shape index (κ2) is 10.8. The molecule has 0 aromatic heterocycles. The fourth-order valence-corrected chi connectivity index (χ4v) is 2.92. The summed E-state index contributed by atoms with van der Waals surface area (Å²) in [7, 11) is 1.29. The first kappa shape index (κ1) is 21.8. The normalized spacial score (nSPS) is 11.6. The van der Waals surface area contributed by atoms with Gasteiger partial charge in [-0.3, -0.25) is 9.59 Å². The number of carbonyl (C=O) groups is 2. The minimum absolute atomic E-state index is 0.00398. The van der Waals surface area contributed by atoms with Crippen molar-refractivity contribution >= 4 is 27.8 Å². The van der Waals surface area contributed by atoms with E-state index in [1.54, 1.807) is 12.1 Å². The van der Waals surface area contributed by atoms with Gasteiger partial charge in [0.2, 0.25) is 5.91 Å². The van der Waals surface area contributed by atoms with E-state index in [4.69, 9.17) is 9.47 Å². The Kier molecular flexibility index (Phi) is 8.38. The van der Waals surface area contributed by atoms with Crippen molar-refractivity contribution in [3.8, 4) is 5.75 Å². The van der Waals surface area contributed by atoms with Crippen LogP contribution in [0.25, 0.3) is 0 Å². The number of carbonyl (C=O) groups excluding carboxylic acids is 2. The lowest BCUT2D eigenvalue weighted by atomic mass is 10.0. The fourth-order valence-electron chi connectivity index (χ4n) is 2.50. The minimum atomic E-state index is -0.794. The van der Waals surface area contributed by atoms with Crippen LogP contribution in [0.2, 0.25) is 0 Å². The highest BCUT2D eigenvalue weighted by atomic mass is 79.9. The average Bonchev–Trinajstić information content (AvgIpc) is 2.66. The van der Waals surface area contributed by atoms with Crippen molar-refractivity contribution in [3.63, 3.8) is 0 Å². The van der Waals surface area contributed by atoms with Gasteiger partial charge in [0.1, 0.15) is 5.82 Å². The van der Waals surface area contributed by atoms with Crippen LogP contribution in [0.3, 0.4) is 0 Å². The van der Waals surface area contributed by atoms with E-state index in [9.17, 15) is 18.4 Å². The Labute approximate surface area is 170 Å². The van der Waals surface area contributed by atoms with Crippen LogP contribution in [0.5, 0.6) is 5.75 Å². The Bertz CT molecular complexity index is 832. The molecule has 5 nitrogen and oxygen atoms in total. The smallest absolute Gasteiger partial charge is 0.307 e. The van der Waals surface area contributed by atoms with Gasteiger partial charge in [-0.15, -0.1) is 0 Å². The molecule has 2 aromatic carbocycles. The number of benzene rings is 2. The van der Waals surface area contributed by atoms with Crippen molar-refractivity contribution in [2.75, 3.05) is 13.7 Å². The SMILES string of the molecule is COC(=O)CC(NC(=O)CCCOc1ccc(F)cc1F)c1cccc(Br)c1. The molecule has 1 unspecified atom stereocenters. The lowest BCUT2D eigenvalue weighted by Gasteiger charge is -2.18. The average molecular weight is 456 g/mol. The summed E-state index contributed by atoms with van der Waals surface area (Å²) in [6.07, 6.45) is 0.441. The third kappa shape index (κ3) is 6.92. The Morgan fingerprint density at radius 1 is 1.18 bits per heavy atom. The first-order valence-corrected chi connectivity index (χ1v) is 9.38. The highest BCUT2D eigenvalue weighted by molar-refractivity contribution is 9.10. The van der Waals surface area contributed by atoms with Crippen LogP contribution >= 0.6 is 15.9 Å². The van der Waals surface area contributed by atoms with E-state index in [0.29, 0.717) is 6.42 Å². The summed E-state index contributed by atoms with van der Waals surface area (Å²) < 4.78 is 37.1. The first-order valence-electron chi connectivity index (χ1n) is 8.58. The highest BCUT2D eigenvalue weighted by Gasteiger charge is 2.19. The maximum absolute atomic E-state index is 13.5. The van der Waals surface area contributed by atoms with Gasteiger partial charge < -0.3 is 14.8 Å². The van der Waals surface area contributed by atoms with Crippen LogP contribution in [0.15, 0.2) is 46.9 Å². The van der Waals surface area contributed by atoms with Gasteiger partial charge in [-0.25, -0.2) is 8.78 Å². The predicted molar refractivity (Wildman–Crippen MR) is 103 cm³/mol. The Morgan fingerprint density at radius 2 is 1.96 bits per heavy atom. The molecule has 0 heterocycles. The number of nitrogens with one attached hydrogen (secondary N) is 1. The largest absolute Gasteiger partial charge is 0.491 e. The number of methoxy groups -OCH3 is 1. The van der Waals surface area contributed by atoms with E-state index < -0.39 is 23.6 Å². The zero-order chi connectivity index (χ0) is 20.5. The molecule has 0 aliphatic heterocycles. The molecule has 2 rings (SSSR count). The lowest BCUT2D eigenvalue weighted by Crippen LogP contribution is -2.30. The van der Waals surface area contributed by atoms with Crippen LogP contribution in [0.4, 0.5) is 8.78 Å². The second-order valence-electron chi connectivity index (χ2n) is 5.98. The molecular weight excluding hydrogens is 436 g/mol. The van der Waals surface area contributed by atoms with Gasteiger partial charge in [-0.1, -0.05) is 28.1 Å². The molecule has 0 aliphatic carbocycles. The van der Waals surface area contributed by atoms with E-state index in [1.165, 1.54) is 13.2 Å². The topological polar surface area (TPSA) is 64.6 Å². The first-order chi connectivity index (χ1) is 13.4. The third-order valence-corrected chi connectivity index (χ3v) is 4.38. The quantitative estimate of drug-likeness (QED) is 0.452. The number of halogens is 3.